The highest BCUT2D eigenvalue weighted by Gasteiger charge is 2.46. The summed E-state index contributed by atoms with van der Waals surface area (Å²) < 4.78 is 5.37. The molecule has 2 rings (SSSR count). The molecule has 1 heterocycles. The smallest absolute Gasteiger partial charge is 0.0525 e. The predicted octanol–water partition coefficient (Wildman–Crippen LogP) is 1.82. The molecule has 1 aliphatic heterocycles. The van der Waals surface area contributed by atoms with E-state index in [9.17, 15) is 0 Å². The fourth-order valence-electron chi connectivity index (χ4n) is 2.05. The molecule has 9 heavy (non-hydrogen) atoms. The molecular formula is C8H14O. The van der Waals surface area contributed by atoms with Crippen LogP contribution in [-0.4, -0.2) is 13.2 Å². The first-order valence-electron chi connectivity index (χ1n) is 3.91. The molecule has 1 heteroatoms. The zero-order chi connectivity index (χ0) is 6.32. The number of rotatable bonds is 0. The molecule has 2 aliphatic rings. The van der Waals surface area contributed by atoms with Crippen molar-refractivity contribution in [2.24, 2.45) is 11.3 Å². The van der Waals surface area contributed by atoms with Gasteiger partial charge in [-0.2, -0.15) is 0 Å². The summed E-state index contributed by atoms with van der Waals surface area (Å²) in [6.07, 6.45) is 4.19. The average molecular weight is 126 g/mol. The number of hydrogen-bond donors (Lipinski definition) is 0. The molecule has 52 valence electrons. The van der Waals surface area contributed by atoms with Crippen molar-refractivity contribution in [1.82, 2.24) is 0 Å². The molecule has 2 atom stereocenters. The van der Waals surface area contributed by atoms with Gasteiger partial charge in [-0.25, -0.2) is 0 Å². The van der Waals surface area contributed by atoms with Crippen molar-refractivity contribution in [2.45, 2.75) is 26.2 Å². The summed E-state index contributed by atoms with van der Waals surface area (Å²) in [5.74, 6) is 0.944. The molecule has 0 N–H and O–H groups in total. The van der Waals surface area contributed by atoms with Crippen molar-refractivity contribution in [3.8, 4) is 0 Å². The van der Waals surface area contributed by atoms with Crippen LogP contribution in [-0.2, 0) is 4.74 Å². The Balaban J connectivity index is 2.06. The maximum absolute atomic E-state index is 5.37. The molecule has 0 amide bonds. The van der Waals surface area contributed by atoms with Crippen molar-refractivity contribution in [3.05, 3.63) is 0 Å². The third-order valence-electron chi connectivity index (χ3n) is 3.25. The van der Waals surface area contributed by atoms with Crippen LogP contribution in [0, 0.1) is 11.3 Å². The summed E-state index contributed by atoms with van der Waals surface area (Å²) in [5.41, 5.74) is 0.653. The van der Waals surface area contributed by atoms with Crippen molar-refractivity contribution < 1.29 is 4.74 Å². The summed E-state index contributed by atoms with van der Waals surface area (Å²) in [4.78, 5) is 0. The Kier molecular flexibility index (Phi) is 1.10. The Hall–Kier alpha value is -0.0400. The van der Waals surface area contributed by atoms with Crippen LogP contribution >= 0.6 is 0 Å². The van der Waals surface area contributed by atoms with E-state index in [4.69, 9.17) is 4.74 Å². The Morgan fingerprint density at radius 2 is 2.33 bits per heavy atom. The maximum atomic E-state index is 5.37. The minimum absolute atomic E-state index is 0.653. The van der Waals surface area contributed by atoms with Gasteiger partial charge in [0.25, 0.3) is 0 Å². The highest BCUT2D eigenvalue weighted by Crippen LogP contribution is 2.51. The molecule has 0 aromatic rings. The Morgan fingerprint density at radius 1 is 1.44 bits per heavy atom. The quantitative estimate of drug-likeness (QED) is 0.481. The van der Waals surface area contributed by atoms with Gasteiger partial charge < -0.3 is 4.74 Å². The lowest BCUT2D eigenvalue weighted by atomic mass is 9.61. The van der Waals surface area contributed by atoms with Gasteiger partial charge in [0.05, 0.1) is 6.61 Å². The molecule has 0 radical (unpaired) electrons. The van der Waals surface area contributed by atoms with E-state index in [0.29, 0.717) is 5.41 Å². The number of ether oxygens (including phenoxy) is 1. The first kappa shape index (κ1) is 5.72. The van der Waals surface area contributed by atoms with Gasteiger partial charge >= 0.3 is 0 Å². The van der Waals surface area contributed by atoms with Crippen LogP contribution in [0.15, 0.2) is 0 Å². The van der Waals surface area contributed by atoms with E-state index in [0.717, 1.165) is 19.1 Å². The SMILES string of the molecule is CC1CCC12CCOC2. The fourth-order valence-corrected chi connectivity index (χ4v) is 2.05. The summed E-state index contributed by atoms with van der Waals surface area (Å²) in [6.45, 7) is 4.43. The van der Waals surface area contributed by atoms with Crippen LogP contribution in [0.2, 0.25) is 0 Å². The zero-order valence-electron chi connectivity index (χ0n) is 6.02. The Bertz CT molecular complexity index is 114. The van der Waals surface area contributed by atoms with Crippen LogP contribution < -0.4 is 0 Å². The van der Waals surface area contributed by atoms with Gasteiger partial charge in [-0.3, -0.25) is 0 Å². The van der Waals surface area contributed by atoms with Crippen molar-refractivity contribution >= 4 is 0 Å². The second-order valence-corrected chi connectivity index (χ2v) is 3.60. The van der Waals surface area contributed by atoms with Crippen LogP contribution in [0.3, 0.4) is 0 Å². The molecule has 0 bridgehead atoms. The van der Waals surface area contributed by atoms with E-state index in [1.54, 1.807) is 0 Å². The first-order chi connectivity index (χ1) is 4.33. The minimum atomic E-state index is 0.653. The molecule has 1 saturated carbocycles. The van der Waals surface area contributed by atoms with Gasteiger partial charge in [0, 0.05) is 6.61 Å². The third-order valence-corrected chi connectivity index (χ3v) is 3.25. The van der Waals surface area contributed by atoms with E-state index in [2.05, 4.69) is 6.92 Å². The zero-order valence-corrected chi connectivity index (χ0v) is 6.02. The first-order valence-corrected chi connectivity index (χ1v) is 3.91. The maximum Gasteiger partial charge on any atom is 0.0525 e. The van der Waals surface area contributed by atoms with Gasteiger partial charge in [0.2, 0.25) is 0 Å². The molecular weight excluding hydrogens is 112 g/mol. The van der Waals surface area contributed by atoms with Crippen LogP contribution in [0.5, 0.6) is 0 Å². The predicted molar refractivity (Wildman–Crippen MR) is 36.3 cm³/mol. The van der Waals surface area contributed by atoms with E-state index in [-0.39, 0.29) is 0 Å². The Morgan fingerprint density at radius 3 is 2.56 bits per heavy atom. The highest BCUT2D eigenvalue weighted by molar-refractivity contribution is 4.95. The van der Waals surface area contributed by atoms with Crippen molar-refractivity contribution in [3.63, 3.8) is 0 Å². The monoisotopic (exact) mass is 126 g/mol. The molecule has 0 aromatic carbocycles. The summed E-state index contributed by atoms with van der Waals surface area (Å²) in [7, 11) is 0. The second kappa shape index (κ2) is 1.72. The van der Waals surface area contributed by atoms with Gasteiger partial charge in [0.15, 0.2) is 0 Å². The topological polar surface area (TPSA) is 9.23 Å². The van der Waals surface area contributed by atoms with E-state index < -0.39 is 0 Å². The molecule has 2 unspecified atom stereocenters. The van der Waals surface area contributed by atoms with Crippen molar-refractivity contribution in [1.29, 1.82) is 0 Å². The normalized spacial score (nSPS) is 49.7. The van der Waals surface area contributed by atoms with Gasteiger partial charge in [-0.1, -0.05) is 6.92 Å². The highest BCUT2D eigenvalue weighted by atomic mass is 16.5. The lowest BCUT2D eigenvalue weighted by Gasteiger charge is -2.44. The third kappa shape index (κ3) is 0.644. The van der Waals surface area contributed by atoms with Gasteiger partial charge in [-0.15, -0.1) is 0 Å². The number of hydrogen-bond acceptors (Lipinski definition) is 1. The minimum Gasteiger partial charge on any atom is -0.381 e. The molecule has 2 fully saturated rings. The molecule has 1 aliphatic carbocycles. The lowest BCUT2D eigenvalue weighted by molar-refractivity contribution is 0.0282. The fraction of sp³-hybridized carbons (Fsp3) is 1.00. The van der Waals surface area contributed by atoms with Crippen LogP contribution in [0.4, 0.5) is 0 Å². The molecule has 1 spiro atoms. The van der Waals surface area contributed by atoms with E-state index in [1.165, 1.54) is 19.3 Å². The van der Waals surface area contributed by atoms with Gasteiger partial charge in [0.1, 0.15) is 0 Å². The largest absolute Gasteiger partial charge is 0.381 e. The summed E-state index contributed by atoms with van der Waals surface area (Å²) >= 11 is 0. The molecule has 1 saturated heterocycles. The van der Waals surface area contributed by atoms with Crippen LogP contribution in [0.1, 0.15) is 26.2 Å². The summed E-state index contributed by atoms with van der Waals surface area (Å²) in [5, 5.41) is 0. The summed E-state index contributed by atoms with van der Waals surface area (Å²) in [6, 6.07) is 0. The van der Waals surface area contributed by atoms with E-state index >= 15 is 0 Å². The Labute approximate surface area is 56.4 Å². The van der Waals surface area contributed by atoms with Crippen molar-refractivity contribution in [2.75, 3.05) is 13.2 Å². The standard InChI is InChI=1S/C8H14O/c1-7-2-3-8(7)4-5-9-6-8/h7H,2-6H2,1H3. The second-order valence-electron chi connectivity index (χ2n) is 3.60. The molecule has 1 nitrogen and oxygen atoms in total. The van der Waals surface area contributed by atoms with Gasteiger partial charge in [-0.05, 0) is 30.6 Å². The van der Waals surface area contributed by atoms with Crippen LogP contribution in [0.25, 0.3) is 0 Å². The average Bonchev–Trinajstić information content (AvgIpc) is 2.34. The lowest BCUT2D eigenvalue weighted by Crippen LogP contribution is -2.38. The van der Waals surface area contributed by atoms with E-state index in [1.807, 2.05) is 0 Å². The molecule has 0 aromatic heterocycles.